The molecule has 3 N–H and O–H groups in total. The molecule has 2 unspecified atom stereocenters. The van der Waals surface area contributed by atoms with Gasteiger partial charge in [-0.2, -0.15) is 0 Å². The fourth-order valence-corrected chi connectivity index (χ4v) is 11.4. The lowest BCUT2D eigenvalue weighted by molar-refractivity contribution is -0.123. The number of rotatable bonds is 65. The van der Waals surface area contributed by atoms with Crippen molar-refractivity contribution in [3.8, 4) is 0 Å². The van der Waals surface area contributed by atoms with Gasteiger partial charge in [0.25, 0.3) is 0 Å². The van der Waals surface area contributed by atoms with Crippen molar-refractivity contribution in [2.75, 3.05) is 6.61 Å². The zero-order valence-electron chi connectivity index (χ0n) is 50.0. The molecule has 0 saturated heterocycles. The molecule has 2 atom stereocenters. The lowest BCUT2D eigenvalue weighted by atomic mass is 10.0. The third kappa shape index (κ3) is 60.3. The third-order valence-electron chi connectivity index (χ3n) is 16.6. The monoisotopic (exact) mass is 1020 g/mol. The summed E-state index contributed by atoms with van der Waals surface area (Å²) >= 11 is 0. The molecule has 0 aromatic rings. The van der Waals surface area contributed by atoms with Gasteiger partial charge in [-0.25, -0.2) is 0 Å². The van der Waals surface area contributed by atoms with Crippen LogP contribution < -0.4 is 5.32 Å². The first kappa shape index (κ1) is 71.4. The Kier molecular flexibility index (Phi) is 64.1. The van der Waals surface area contributed by atoms with Crippen molar-refractivity contribution in [2.45, 2.75) is 424 Å². The lowest BCUT2D eigenvalue weighted by Gasteiger charge is -2.22. The van der Waals surface area contributed by atoms with Crippen LogP contribution >= 0.6 is 0 Å². The number of aliphatic hydroxyl groups is 2. The highest BCUT2D eigenvalue weighted by atomic mass is 16.3. The normalized spacial score (nSPS) is 12.6. The smallest absolute Gasteiger partial charge is 0.220 e. The van der Waals surface area contributed by atoms with E-state index >= 15 is 0 Å². The molecule has 0 radical (unpaired) electrons. The van der Waals surface area contributed by atoms with Crippen molar-refractivity contribution in [3.05, 3.63) is 0 Å². The number of hydrogen-bond donors (Lipinski definition) is 3. The van der Waals surface area contributed by atoms with E-state index in [0.29, 0.717) is 12.8 Å². The first-order valence-corrected chi connectivity index (χ1v) is 34.2. The lowest BCUT2D eigenvalue weighted by Crippen LogP contribution is -2.45. The van der Waals surface area contributed by atoms with E-state index in [1.807, 2.05) is 0 Å². The molecule has 4 heteroatoms. The zero-order valence-corrected chi connectivity index (χ0v) is 50.0. The predicted molar refractivity (Wildman–Crippen MR) is 323 cm³/mol. The van der Waals surface area contributed by atoms with Crippen molar-refractivity contribution in [3.63, 3.8) is 0 Å². The Hall–Kier alpha value is -0.610. The minimum atomic E-state index is -0.656. The van der Waals surface area contributed by atoms with Gasteiger partial charge in [-0.05, 0) is 12.8 Å². The van der Waals surface area contributed by atoms with Gasteiger partial charge in [-0.15, -0.1) is 0 Å². The summed E-state index contributed by atoms with van der Waals surface area (Å²) in [6, 6.07) is -0.533. The van der Waals surface area contributed by atoms with Crippen LogP contribution in [-0.4, -0.2) is 34.9 Å². The van der Waals surface area contributed by atoms with Crippen LogP contribution in [0.25, 0.3) is 0 Å². The highest BCUT2D eigenvalue weighted by Crippen LogP contribution is 2.20. The first-order chi connectivity index (χ1) is 35.7. The quantitative estimate of drug-likeness (QED) is 0.0532. The molecule has 72 heavy (non-hydrogen) atoms. The summed E-state index contributed by atoms with van der Waals surface area (Å²) in [5, 5.41) is 23.5. The van der Waals surface area contributed by atoms with E-state index in [9.17, 15) is 15.0 Å². The number of nitrogens with one attached hydrogen (secondary N) is 1. The Morgan fingerprint density at radius 3 is 0.625 bits per heavy atom. The molecule has 0 saturated carbocycles. The maximum Gasteiger partial charge on any atom is 0.220 e. The van der Waals surface area contributed by atoms with Crippen molar-refractivity contribution in [1.29, 1.82) is 0 Å². The zero-order chi connectivity index (χ0) is 52.0. The highest BCUT2D eigenvalue weighted by Gasteiger charge is 2.20. The predicted octanol–water partition coefficient (Wildman–Crippen LogP) is 23.1. The second kappa shape index (κ2) is 64.7. The molecule has 0 aliphatic carbocycles. The van der Waals surface area contributed by atoms with Crippen LogP contribution in [0.4, 0.5) is 0 Å². The topological polar surface area (TPSA) is 69.6 Å². The van der Waals surface area contributed by atoms with Crippen molar-refractivity contribution < 1.29 is 15.0 Å². The molecule has 4 nitrogen and oxygen atoms in total. The van der Waals surface area contributed by atoms with Crippen LogP contribution in [0.15, 0.2) is 0 Å². The largest absolute Gasteiger partial charge is 0.394 e. The van der Waals surface area contributed by atoms with Crippen LogP contribution in [0.1, 0.15) is 412 Å². The van der Waals surface area contributed by atoms with Crippen LogP contribution in [0, 0.1) is 0 Å². The van der Waals surface area contributed by atoms with E-state index in [1.165, 1.54) is 360 Å². The Labute approximate surface area is 454 Å². The second-order valence-electron chi connectivity index (χ2n) is 24.0. The highest BCUT2D eigenvalue weighted by molar-refractivity contribution is 5.76. The molecule has 1 amide bonds. The van der Waals surface area contributed by atoms with Crippen LogP contribution in [-0.2, 0) is 4.79 Å². The molecular formula is C68H137NO3. The molecule has 0 rings (SSSR count). The average molecular weight is 1020 g/mol. The van der Waals surface area contributed by atoms with E-state index in [1.54, 1.807) is 0 Å². The summed E-state index contributed by atoms with van der Waals surface area (Å²) < 4.78 is 0. The van der Waals surface area contributed by atoms with Gasteiger partial charge in [0, 0.05) is 6.42 Å². The van der Waals surface area contributed by atoms with Crippen molar-refractivity contribution in [2.24, 2.45) is 0 Å². The molecule has 0 aliphatic heterocycles. The van der Waals surface area contributed by atoms with Crippen molar-refractivity contribution >= 4 is 5.91 Å². The van der Waals surface area contributed by atoms with Gasteiger partial charge in [0.15, 0.2) is 0 Å². The van der Waals surface area contributed by atoms with E-state index in [-0.39, 0.29) is 12.5 Å². The van der Waals surface area contributed by atoms with E-state index < -0.39 is 12.1 Å². The Balaban J connectivity index is 3.36. The Bertz CT molecular complexity index is 971. The van der Waals surface area contributed by atoms with Gasteiger partial charge >= 0.3 is 0 Å². The van der Waals surface area contributed by atoms with Gasteiger partial charge < -0.3 is 15.5 Å². The summed E-state index contributed by atoms with van der Waals surface area (Å²) in [4.78, 5) is 12.6. The van der Waals surface area contributed by atoms with Crippen LogP contribution in [0.5, 0.6) is 0 Å². The SMILES string of the molecule is CCCCCCCCCCCCCCCCCCCCCCCCCCCCCCCCCCC(=O)NC(CO)C(O)CCCCCCCCCCCCCCCCCCCCCCCCCCCCCC. The summed E-state index contributed by atoms with van der Waals surface area (Å²) in [7, 11) is 0. The summed E-state index contributed by atoms with van der Waals surface area (Å²) in [6.07, 6.45) is 84.5. The summed E-state index contributed by atoms with van der Waals surface area (Å²) in [5.74, 6) is -0.0194. The Morgan fingerprint density at radius 2 is 0.444 bits per heavy atom. The maximum absolute atomic E-state index is 12.6. The van der Waals surface area contributed by atoms with Gasteiger partial charge in [-0.3, -0.25) is 4.79 Å². The molecule has 0 heterocycles. The van der Waals surface area contributed by atoms with E-state index in [2.05, 4.69) is 19.2 Å². The van der Waals surface area contributed by atoms with Gasteiger partial charge in [0.05, 0.1) is 18.8 Å². The fourth-order valence-electron chi connectivity index (χ4n) is 11.4. The number of amides is 1. The van der Waals surface area contributed by atoms with Gasteiger partial charge in [-0.1, -0.05) is 393 Å². The molecule has 0 bridgehead atoms. The van der Waals surface area contributed by atoms with Crippen LogP contribution in [0.3, 0.4) is 0 Å². The Morgan fingerprint density at radius 1 is 0.278 bits per heavy atom. The van der Waals surface area contributed by atoms with Crippen molar-refractivity contribution in [1.82, 2.24) is 5.32 Å². The minimum Gasteiger partial charge on any atom is -0.394 e. The molecule has 0 aromatic heterocycles. The third-order valence-corrected chi connectivity index (χ3v) is 16.6. The second-order valence-corrected chi connectivity index (χ2v) is 24.0. The van der Waals surface area contributed by atoms with E-state index in [4.69, 9.17) is 0 Å². The summed E-state index contributed by atoms with van der Waals surface area (Å²) in [5.41, 5.74) is 0. The average Bonchev–Trinajstić information content (AvgIpc) is 3.39. The standard InChI is InChI=1S/C68H137NO3/c1-3-5-7-9-11-13-15-17-19-21-23-25-27-29-31-33-34-35-36-38-40-42-44-46-48-50-52-54-56-58-60-62-64-68(72)69-66(65-70)67(71)63-61-59-57-55-53-51-49-47-45-43-41-39-37-32-30-28-26-24-22-20-18-16-14-12-10-8-6-4-2/h66-67,70-71H,3-65H2,1-2H3,(H,69,72). The number of carbonyl (C=O) groups excluding carboxylic acids is 1. The first-order valence-electron chi connectivity index (χ1n) is 34.2. The fraction of sp³-hybridized carbons (Fsp3) is 0.985. The number of hydrogen-bond acceptors (Lipinski definition) is 3. The molecule has 0 fully saturated rings. The van der Waals surface area contributed by atoms with Gasteiger partial charge in [0.2, 0.25) is 5.91 Å². The molecule has 0 spiro atoms. The number of aliphatic hydroxyl groups excluding tert-OH is 2. The van der Waals surface area contributed by atoms with E-state index in [0.717, 1.165) is 25.7 Å². The number of unbranched alkanes of at least 4 members (excludes halogenated alkanes) is 58. The molecule has 432 valence electrons. The molecule has 0 aromatic carbocycles. The van der Waals surface area contributed by atoms with Gasteiger partial charge in [0.1, 0.15) is 0 Å². The number of carbonyl (C=O) groups is 1. The summed E-state index contributed by atoms with van der Waals surface area (Å²) in [6.45, 7) is 4.42. The molecular weight excluding hydrogens is 879 g/mol. The molecule has 0 aliphatic rings. The minimum absolute atomic E-state index is 0.0194. The van der Waals surface area contributed by atoms with Crippen LogP contribution in [0.2, 0.25) is 0 Å². The maximum atomic E-state index is 12.6.